The van der Waals surface area contributed by atoms with Gasteiger partial charge in [0.25, 0.3) is 5.91 Å². The summed E-state index contributed by atoms with van der Waals surface area (Å²) in [5.41, 5.74) is 1.47. The van der Waals surface area contributed by atoms with Crippen molar-refractivity contribution in [3.63, 3.8) is 0 Å². The molecule has 2 aromatic rings. The lowest BCUT2D eigenvalue weighted by Gasteiger charge is -2.11. The van der Waals surface area contributed by atoms with Crippen molar-refractivity contribution in [3.8, 4) is 11.8 Å². The van der Waals surface area contributed by atoms with Crippen molar-refractivity contribution in [2.75, 3.05) is 11.9 Å². The normalized spacial score (nSPS) is 10.0. The zero-order valence-electron chi connectivity index (χ0n) is 14.1. The Kier molecular flexibility index (Phi) is 6.49. The van der Waals surface area contributed by atoms with Gasteiger partial charge in [0.05, 0.1) is 17.9 Å². The smallest absolute Gasteiger partial charge is 0.257 e. The van der Waals surface area contributed by atoms with Crippen molar-refractivity contribution < 1.29 is 9.53 Å². The van der Waals surface area contributed by atoms with E-state index in [1.807, 2.05) is 0 Å². The predicted molar refractivity (Wildman–Crippen MR) is 102 cm³/mol. The molecule has 2 rings (SSSR count). The molecule has 6 heteroatoms. The van der Waals surface area contributed by atoms with Crippen molar-refractivity contribution in [1.82, 2.24) is 5.32 Å². The second kappa shape index (κ2) is 8.81. The molecular formula is C19H19N3O2S. The number of thiocarbonyl (C=S) groups is 1. The Hall–Kier alpha value is -2.91. The van der Waals surface area contributed by atoms with Crippen LogP contribution in [0.3, 0.4) is 0 Å². The van der Waals surface area contributed by atoms with Crippen LogP contribution in [0.15, 0.2) is 48.5 Å². The maximum absolute atomic E-state index is 12.2. The summed E-state index contributed by atoms with van der Waals surface area (Å²) in [6.07, 6.45) is 0. The second-order valence-electron chi connectivity index (χ2n) is 5.79. The Bertz CT molecular complexity index is 795. The fourth-order valence-corrected chi connectivity index (χ4v) is 2.19. The highest BCUT2D eigenvalue weighted by Crippen LogP contribution is 2.15. The number of benzene rings is 2. The van der Waals surface area contributed by atoms with Gasteiger partial charge in [-0.1, -0.05) is 26.0 Å². The number of nitriles is 1. The molecule has 0 aliphatic rings. The van der Waals surface area contributed by atoms with Gasteiger partial charge in [0.15, 0.2) is 5.11 Å². The highest BCUT2D eigenvalue weighted by Gasteiger charge is 2.10. The van der Waals surface area contributed by atoms with Crippen LogP contribution in [0.2, 0.25) is 0 Å². The number of rotatable bonds is 5. The van der Waals surface area contributed by atoms with Crippen LogP contribution in [0.4, 0.5) is 5.69 Å². The summed E-state index contributed by atoms with van der Waals surface area (Å²) in [6, 6.07) is 15.8. The SMILES string of the molecule is CC(C)COc1ccc(C(=O)NC(=S)Nc2ccccc2C#N)cc1. The molecule has 0 fully saturated rings. The van der Waals surface area contributed by atoms with Gasteiger partial charge in [-0.25, -0.2) is 0 Å². The molecule has 0 aliphatic carbocycles. The van der Waals surface area contributed by atoms with E-state index in [9.17, 15) is 4.79 Å². The van der Waals surface area contributed by atoms with E-state index in [4.69, 9.17) is 22.2 Å². The van der Waals surface area contributed by atoms with Gasteiger partial charge in [0.2, 0.25) is 0 Å². The minimum absolute atomic E-state index is 0.132. The van der Waals surface area contributed by atoms with Gasteiger partial charge in [0.1, 0.15) is 11.8 Å². The molecule has 2 aromatic carbocycles. The molecule has 0 aliphatic heterocycles. The summed E-state index contributed by atoms with van der Waals surface area (Å²) >= 11 is 5.14. The first-order valence-electron chi connectivity index (χ1n) is 7.84. The molecular weight excluding hydrogens is 334 g/mol. The summed E-state index contributed by atoms with van der Waals surface area (Å²) in [5, 5.41) is 14.7. The summed E-state index contributed by atoms with van der Waals surface area (Å²) in [4.78, 5) is 12.2. The topological polar surface area (TPSA) is 74.2 Å². The second-order valence-corrected chi connectivity index (χ2v) is 6.20. The molecule has 0 aromatic heterocycles. The minimum Gasteiger partial charge on any atom is -0.493 e. The van der Waals surface area contributed by atoms with Gasteiger partial charge in [-0.3, -0.25) is 10.1 Å². The van der Waals surface area contributed by atoms with E-state index in [-0.39, 0.29) is 11.0 Å². The monoisotopic (exact) mass is 353 g/mol. The van der Waals surface area contributed by atoms with Gasteiger partial charge in [0, 0.05) is 5.56 Å². The fourth-order valence-electron chi connectivity index (χ4n) is 1.98. The molecule has 5 nitrogen and oxygen atoms in total. The summed E-state index contributed by atoms with van der Waals surface area (Å²) in [6.45, 7) is 4.76. The molecule has 0 saturated carbocycles. The van der Waals surface area contributed by atoms with E-state index in [1.54, 1.807) is 48.5 Å². The molecule has 0 spiro atoms. The molecule has 0 unspecified atom stereocenters. The van der Waals surface area contributed by atoms with Gasteiger partial charge >= 0.3 is 0 Å². The molecule has 128 valence electrons. The average Bonchev–Trinajstić information content (AvgIpc) is 2.60. The maximum atomic E-state index is 12.2. The van der Waals surface area contributed by atoms with Crippen molar-refractivity contribution in [2.24, 2.45) is 5.92 Å². The lowest BCUT2D eigenvalue weighted by atomic mass is 10.2. The van der Waals surface area contributed by atoms with Crippen LogP contribution < -0.4 is 15.4 Å². The molecule has 25 heavy (non-hydrogen) atoms. The van der Waals surface area contributed by atoms with Crippen LogP contribution in [0, 0.1) is 17.2 Å². The maximum Gasteiger partial charge on any atom is 0.257 e. The lowest BCUT2D eigenvalue weighted by Crippen LogP contribution is -2.34. The molecule has 0 radical (unpaired) electrons. The van der Waals surface area contributed by atoms with E-state index in [2.05, 4.69) is 30.6 Å². The zero-order valence-corrected chi connectivity index (χ0v) is 14.9. The van der Waals surface area contributed by atoms with Crippen LogP contribution in [-0.2, 0) is 0 Å². The first-order chi connectivity index (χ1) is 12.0. The number of hydrogen-bond donors (Lipinski definition) is 2. The standard InChI is InChI=1S/C19H19N3O2S/c1-13(2)12-24-16-9-7-14(8-10-16)18(23)22-19(25)21-17-6-4-3-5-15(17)11-20/h3-10,13H,12H2,1-2H3,(H2,21,22,23,25). The first-order valence-corrected chi connectivity index (χ1v) is 8.24. The number of para-hydroxylation sites is 1. The largest absolute Gasteiger partial charge is 0.493 e. The third kappa shape index (κ3) is 5.59. The molecule has 2 N–H and O–H groups in total. The Labute approximate surface area is 152 Å². The number of nitrogens with one attached hydrogen (secondary N) is 2. The molecule has 0 atom stereocenters. The van der Waals surface area contributed by atoms with E-state index >= 15 is 0 Å². The van der Waals surface area contributed by atoms with Gasteiger partial charge in [-0.05, 0) is 54.5 Å². The number of carbonyl (C=O) groups excluding carboxylic acids is 1. The van der Waals surface area contributed by atoms with Crippen LogP contribution in [0.25, 0.3) is 0 Å². The van der Waals surface area contributed by atoms with Crippen molar-refractivity contribution >= 4 is 28.9 Å². The summed E-state index contributed by atoms with van der Waals surface area (Å²) in [7, 11) is 0. The highest BCUT2D eigenvalue weighted by atomic mass is 32.1. The zero-order chi connectivity index (χ0) is 18.2. The summed E-state index contributed by atoms with van der Waals surface area (Å²) < 4.78 is 5.59. The van der Waals surface area contributed by atoms with Crippen molar-refractivity contribution in [1.29, 1.82) is 5.26 Å². The van der Waals surface area contributed by atoms with E-state index in [0.717, 1.165) is 0 Å². The van der Waals surface area contributed by atoms with Crippen LogP contribution in [0.1, 0.15) is 29.8 Å². The number of carbonyl (C=O) groups is 1. The van der Waals surface area contributed by atoms with Crippen LogP contribution in [0.5, 0.6) is 5.75 Å². The molecule has 0 bridgehead atoms. The van der Waals surface area contributed by atoms with Gasteiger partial charge < -0.3 is 10.1 Å². The van der Waals surface area contributed by atoms with Gasteiger partial charge in [-0.15, -0.1) is 0 Å². The number of nitrogens with zero attached hydrogens (tertiary/aromatic N) is 1. The Morgan fingerprint density at radius 2 is 1.88 bits per heavy atom. The van der Waals surface area contributed by atoms with E-state index in [1.165, 1.54) is 0 Å². The molecule has 0 heterocycles. The van der Waals surface area contributed by atoms with E-state index < -0.39 is 0 Å². The van der Waals surface area contributed by atoms with Crippen molar-refractivity contribution in [2.45, 2.75) is 13.8 Å². The average molecular weight is 353 g/mol. The Balaban J connectivity index is 1.95. The highest BCUT2D eigenvalue weighted by molar-refractivity contribution is 7.80. The fraction of sp³-hybridized carbons (Fsp3) is 0.211. The number of ether oxygens (including phenoxy) is 1. The van der Waals surface area contributed by atoms with Crippen molar-refractivity contribution in [3.05, 3.63) is 59.7 Å². The lowest BCUT2D eigenvalue weighted by molar-refractivity contribution is 0.0977. The summed E-state index contributed by atoms with van der Waals surface area (Å²) in [5.74, 6) is 0.818. The van der Waals surface area contributed by atoms with Crippen LogP contribution in [-0.4, -0.2) is 17.6 Å². The quantitative estimate of drug-likeness (QED) is 0.802. The van der Waals surface area contributed by atoms with Crippen LogP contribution >= 0.6 is 12.2 Å². The third-order valence-corrected chi connectivity index (χ3v) is 3.43. The number of hydrogen-bond acceptors (Lipinski definition) is 4. The molecule has 1 amide bonds. The Morgan fingerprint density at radius 1 is 1.20 bits per heavy atom. The predicted octanol–water partition coefficient (Wildman–Crippen LogP) is 3.72. The first kappa shape index (κ1) is 18.4. The Morgan fingerprint density at radius 3 is 2.52 bits per heavy atom. The molecule has 0 saturated heterocycles. The number of amides is 1. The van der Waals surface area contributed by atoms with Gasteiger partial charge in [-0.2, -0.15) is 5.26 Å². The minimum atomic E-state index is -0.331. The van der Waals surface area contributed by atoms with E-state index in [0.29, 0.717) is 35.1 Å². The number of anilines is 1. The third-order valence-electron chi connectivity index (χ3n) is 3.22.